The molecule has 0 heterocycles. The van der Waals surface area contributed by atoms with Gasteiger partial charge in [-0.05, 0) is 48.5 Å². The van der Waals surface area contributed by atoms with Gasteiger partial charge in [-0.15, -0.1) is 0 Å². The SMILES string of the molecule is S=C(NCCc1c(Cl)cccc1Cl)Nc1ccccc1. The van der Waals surface area contributed by atoms with E-state index in [1.165, 1.54) is 0 Å². The molecule has 2 rings (SSSR count). The first-order valence-corrected chi connectivity index (χ1v) is 7.36. The molecule has 0 aromatic heterocycles. The van der Waals surface area contributed by atoms with Crippen molar-refractivity contribution in [1.82, 2.24) is 5.32 Å². The van der Waals surface area contributed by atoms with Gasteiger partial charge in [-0.3, -0.25) is 0 Å². The molecule has 0 spiro atoms. The van der Waals surface area contributed by atoms with E-state index < -0.39 is 0 Å². The minimum absolute atomic E-state index is 0.583. The molecule has 2 N–H and O–H groups in total. The summed E-state index contributed by atoms with van der Waals surface area (Å²) in [7, 11) is 0. The zero-order valence-electron chi connectivity index (χ0n) is 10.7. The van der Waals surface area contributed by atoms with E-state index in [1.54, 1.807) is 0 Å². The second-order valence-electron chi connectivity index (χ2n) is 4.20. The van der Waals surface area contributed by atoms with Crippen molar-refractivity contribution in [3.8, 4) is 0 Å². The molecule has 0 aliphatic rings. The van der Waals surface area contributed by atoms with Crippen LogP contribution >= 0.6 is 35.4 Å². The standard InChI is InChI=1S/C15H14Cl2N2S/c16-13-7-4-8-14(17)12(13)9-10-18-15(20)19-11-5-2-1-3-6-11/h1-8H,9-10H2,(H2,18,19,20). The average Bonchev–Trinajstić information content (AvgIpc) is 2.43. The molecule has 0 radical (unpaired) electrons. The first-order valence-electron chi connectivity index (χ1n) is 6.19. The van der Waals surface area contributed by atoms with Crippen molar-refractivity contribution in [3.05, 3.63) is 64.1 Å². The summed E-state index contributed by atoms with van der Waals surface area (Å²) in [5.74, 6) is 0. The minimum Gasteiger partial charge on any atom is -0.362 e. The molecule has 20 heavy (non-hydrogen) atoms. The number of nitrogens with one attached hydrogen (secondary N) is 2. The van der Waals surface area contributed by atoms with Crippen LogP contribution in [-0.4, -0.2) is 11.7 Å². The van der Waals surface area contributed by atoms with Crippen LogP contribution in [-0.2, 0) is 6.42 Å². The molecule has 0 aliphatic heterocycles. The van der Waals surface area contributed by atoms with Gasteiger partial charge in [0.25, 0.3) is 0 Å². The van der Waals surface area contributed by atoms with Crippen LogP contribution in [0, 0.1) is 0 Å². The summed E-state index contributed by atoms with van der Waals surface area (Å²) in [6.07, 6.45) is 0.717. The summed E-state index contributed by atoms with van der Waals surface area (Å²) in [5.41, 5.74) is 1.90. The van der Waals surface area contributed by atoms with E-state index in [1.807, 2.05) is 48.5 Å². The van der Waals surface area contributed by atoms with Crippen molar-refractivity contribution in [2.45, 2.75) is 6.42 Å². The molecule has 104 valence electrons. The van der Waals surface area contributed by atoms with Crippen molar-refractivity contribution in [2.75, 3.05) is 11.9 Å². The Morgan fingerprint density at radius 2 is 1.60 bits per heavy atom. The largest absolute Gasteiger partial charge is 0.362 e. The lowest BCUT2D eigenvalue weighted by atomic mass is 10.1. The van der Waals surface area contributed by atoms with E-state index in [0.717, 1.165) is 17.7 Å². The zero-order valence-corrected chi connectivity index (χ0v) is 13.0. The fourth-order valence-corrected chi connectivity index (χ4v) is 2.58. The Balaban J connectivity index is 1.83. The zero-order chi connectivity index (χ0) is 14.4. The molecule has 2 aromatic rings. The Morgan fingerprint density at radius 3 is 2.25 bits per heavy atom. The van der Waals surface area contributed by atoms with Crippen molar-refractivity contribution in [1.29, 1.82) is 0 Å². The molecule has 2 aromatic carbocycles. The van der Waals surface area contributed by atoms with Crippen molar-refractivity contribution < 1.29 is 0 Å². The molecule has 0 unspecified atom stereocenters. The Labute approximate surface area is 134 Å². The Morgan fingerprint density at radius 1 is 0.950 bits per heavy atom. The Bertz CT molecular complexity index is 567. The molecule has 0 fully saturated rings. The predicted octanol–water partition coefficient (Wildman–Crippen LogP) is 4.52. The molecule has 0 atom stereocenters. The van der Waals surface area contributed by atoms with Gasteiger partial charge in [-0.2, -0.15) is 0 Å². The van der Waals surface area contributed by atoms with E-state index in [-0.39, 0.29) is 0 Å². The number of hydrogen-bond donors (Lipinski definition) is 2. The maximum absolute atomic E-state index is 6.11. The van der Waals surface area contributed by atoms with E-state index in [0.29, 0.717) is 21.7 Å². The lowest BCUT2D eigenvalue weighted by molar-refractivity contribution is 0.874. The Kier molecular flexibility index (Phi) is 5.65. The van der Waals surface area contributed by atoms with E-state index in [9.17, 15) is 0 Å². The number of hydrogen-bond acceptors (Lipinski definition) is 1. The van der Waals surface area contributed by atoms with Crippen molar-refractivity contribution in [3.63, 3.8) is 0 Å². The molecule has 0 saturated heterocycles. The quantitative estimate of drug-likeness (QED) is 0.808. The number of thiocarbonyl (C=S) groups is 1. The van der Waals surface area contributed by atoms with Gasteiger partial charge in [0.15, 0.2) is 5.11 Å². The highest BCUT2D eigenvalue weighted by Crippen LogP contribution is 2.24. The van der Waals surface area contributed by atoms with Crippen LogP contribution in [0.4, 0.5) is 5.69 Å². The summed E-state index contributed by atoms with van der Waals surface area (Å²) in [6, 6.07) is 15.3. The highest BCUT2D eigenvalue weighted by molar-refractivity contribution is 7.80. The number of anilines is 1. The normalized spacial score (nSPS) is 10.1. The van der Waals surface area contributed by atoms with Crippen LogP contribution in [0.3, 0.4) is 0 Å². The third kappa shape index (κ3) is 4.37. The van der Waals surface area contributed by atoms with Crippen LogP contribution in [0.15, 0.2) is 48.5 Å². The van der Waals surface area contributed by atoms with Crippen LogP contribution < -0.4 is 10.6 Å². The number of benzene rings is 2. The monoisotopic (exact) mass is 324 g/mol. The predicted molar refractivity (Wildman–Crippen MR) is 90.8 cm³/mol. The first-order chi connectivity index (χ1) is 9.66. The molecular formula is C15H14Cl2N2S. The lowest BCUT2D eigenvalue weighted by Gasteiger charge is -2.11. The minimum atomic E-state index is 0.583. The fourth-order valence-electron chi connectivity index (χ4n) is 1.77. The third-order valence-corrected chi connectivity index (χ3v) is 3.71. The Hall–Kier alpha value is -1.29. The average molecular weight is 325 g/mol. The topological polar surface area (TPSA) is 24.1 Å². The molecular weight excluding hydrogens is 311 g/mol. The van der Waals surface area contributed by atoms with E-state index in [2.05, 4.69) is 10.6 Å². The summed E-state index contributed by atoms with van der Waals surface area (Å²) < 4.78 is 0. The summed E-state index contributed by atoms with van der Waals surface area (Å²) >= 11 is 17.5. The molecule has 0 bridgehead atoms. The number of rotatable bonds is 4. The van der Waals surface area contributed by atoms with Gasteiger partial charge in [0.05, 0.1) is 0 Å². The molecule has 0 aliphatic carbocycles. The first kappa shape index (κ1) is 15.1. The third-order valence-electron chi connectivity index (χ3n) is 2.75. The van der Waals surface area contributed by atoms with Crippen LogP contribution in [0.2, 0.25) is 10.0 Å². The second-order valence-corrected chi connectivity index (χ2v) is 5.42. The van der Waals surface area contributed by atoms with E-state index in [4.69, 9.17) is 35.4 Å². The van der Waals surface area contributed by atoms with Gasteiger partial charge in [0, 0.05) is 22.3 Å². The molecule has 5 heteroatoms. The van der Waals surface area contributed by atoms with Gasteiger partial charge in [-0.1, -0.05) is 47.5 Å². The fraction of sp³-hybridized carbons (Fsp3) is 0.133. The summed E-state index contributed by atoms with van der Waals surface area (Å²) in [6.45, 7) is 0.669. The molecule has 0 amide bonds. The molecule has 2 nitrogen and oxygen atoms in total. The molecule has 0 saturated carbocycles. The van der Waals surface area contributed by atoms with Gasteiger partial charge in [-0.25, -0.2) is 0 Å². The van der Waals surface area contributed by atoms with Crippen LogP contribution in [0.5, 0.6) is 0 Å². The highest BCUT2D eigenvalue weighted by Gasteiger charge is 2.05. The summed E-state index contributed by atoms with van der Waals surface area (Å²) in [4.78, 5) is 0. The maximum Gasteiger partial charge on any atom is 0.170 e. The number of halogens is 2. The smallest absolute Gasteiger partial charge is 0.170 e. The second kappa shape index (κ2) is 7.48. The maximum atomic E-state index is 6.11. The van der Waals surface area contributed by atoms with Crippen LogP contribution in [0.1, 0.15) is 5.56 Å². The number of para-hydroxylation sites is 1. The lowest BCUT2D eigenvalue weighted by Crippen LogP contribution is -2.30. The van der Waals surface area contributed by atoms with Gasteiger partial charge in [0.2, 0.25) is 0 Å². The van der Waals surface area contributed by atoms with Crippen LogP contribution in [0.25, 0.3) is 0 Å². The van der Waals surface area contributed by atoms with Gasteiger partial charge in [0.1, 0.15) is 0 Å². The van der Waals surface area contributed by atoms with Crippen molar-refractivity contribution in [2.24, 2.45) is 0 Å². The van der Waals surface area contributed by atoms with Gasteiger partial charge >= 0.3 is 0 Å². The van der Waals surface area contributed by atoms with Crippen molar-refractivity contribution >= 4 is 46.2 Å². The van der Waals surface area contributed by atoms with Gasteiger partial charge < -0.3 is 10.6 Å². The highest BCUT2D eigenvalue weighted by atomic mass is 35.5. The van der Waals surface area contributed by atoms with E-state index >= 15 is 0 Å². The summed E-state index contributed by atoms with van der Waals surface area (Å²) in [5, 5.41) is 8.20.